The van der Waals surface area contributed by atoms with E-state index in [9.17, 15) is 0 Å². The van der Waals surface area contributed by atoms with Crippen LogP contribution in [-0.4, -0.2) is 70.3 Å². The minimum absolute atomic E-state index is 0.154. The summed E-state index contributed by atoms with van der Waals surface area (Å²) in [5.41, 5.74) is 3.52. The number of benzene rings is 2. The molecular weight excluding hydrogens is 575 g/mol. The molecule has 0 amide bonds. The van der Waals surface area contributed by atoms with Crippen LogP contribution in [0.3, 0.4) is 0 Å². The largest absolute Gasteiger partial charge is 0.461 e. The standard InChI is InChI=1S/C35H32ClFN6O/c1-4-25-28(36)11-8-22-6-5-7-26(29(22)25)31-30(37)32-27(14-38-31)33(42-17-23-9-10-24(18-42)39-23)41-34(40-32)44-19-35-12-20(2)15-43(35)16-21(3)13-35/h1,5-8,11,14,23-24,39H,2-3,9-10,12-13,15-19H2/t23-,24+. The van der Waals surface area contributed by atoms with Crippen molar-refractivity contribution in [3.8, 4) is 29.6 Å². The van der Waals surface area contributed by atoms with Crippen molar-refractivity contribution in [3.63, 3.8) is 0 Å². The second kappa shape index (κ2) is 10.3. The number of halogens is 2. The van der Waals surface area contributed by atoms with Gasteiger partial charge in [-0.2, -0.15) is 9.97 Å². The van der Waals surface area contributed by atoms with Crippen LogP contribution < -0.4 is 15.0 Å². The van der Waals surface area contributed by atoms with Gasteiger partial charge in [-0.3, -0.25) is 9.88 Å². The lowest BCUT2D eigenvalue weighted by atomic mass is 9.92. The van der Waals surface area contributed by atoms with Gasteiger partial charge in [0.1, 0.15) is 23.6 Å². The number of anilines is 1. The van der Waals surface area contributed by atoms with Gasteiger partial charge in [-0.05, 0) is 37.1 Å². The zero-order valence-corrected chi connectivity index (χ0v) is 25.1. The average Bonchev–Trinajstić information content (AvgIpc) is 3.62. The first-order valence-electron chi connectivity index (χ1n) is 15.1. The fourth-order valence-electron chi connectivity index (χ4n) is 7.83. The molecule has 4 aliphatic heterocycles. The Morgan fingerprint density at radius 3 is 2.57 bits per heavy atom. The van der Waals surface area contributed by atoms with Crippen LogP contribution in [-0.2, 0) is 0 Å². The lowest BCUT2D eigenvalue weighted by Crippen LogP contribution is -2.51. The molecule has 2 bridgehead atoms. The van der Waals surface area contributed by atoms with Crippen LogP contribution in [0.1, 0.15) is 31.2 Å². The van der Waals surface area contributed by atoms with Gasteiger partial charge in [-0.1, -0.05) is 66.1 Å². The van der Waals surface area contributed by atoms with Gasteiger partial charge >= 0.3 is 6.01 Å². The van der Waals surface area contributed by atoms with Crippen LogP contribution in [0.4, 0.5) is 10.2 Å². The highest BCUT2D eigenvalue weighted by molar-refractivity contribution is 6.33. The number of ether oxygens (including phenoxy) is 1. The van der Waals surface area contributed by atoms with Crippen molar-refractivity contribution in [2.24, 2.45) is 0 Å². The van der Waals surface area contributed by atoms with E-state index < -0.39 is 5.82 Å². The topological polar surface area (TPSA) is 66.4 Å². The fraction of sp³-hybridized carbons (Fsp3) is 0.343. The van der Waals surface area contributed by atoms with E-state index in [-0.39, 0.29) is 22.8 Å². The Kier molecular flexibility index (Phi) is 6.42. The van der Waals surface area contributed by atoms with Crippen molar-refractivity contribution in [2.75, 3.05) is 37.7 Å². The van der Waals surface area contributed by atoms with E-state index >= 15 is 4.39 Å². The number of terminal acetylenes is 1. The van der Waals surface area contributed by atoms with E-state index in [1.807, 2.05) is 24.3 Å². The third-order valence-corrected chi connectivity index (χ3v) is 10.00. The summed E-state index contributed by atoms with van der Waals surface area (Å²) in [4.78, 5) is 18.9. The summed E-state index contributed by atoms with van der Waals surface area (Å²) < 4.78 is 23.2. The van der Waals surface area contributed by atoms with Gasteiger partial charge in [0.15, 0.2) is 5.82 Å². The Balaban J connectivity index is 1.26. The van der Waals surface area contributed by atoms with Crippen molar-refractivity contribution >= 4 is 39.1 Å². The maximum Gasteiger partial charge on any atom is 0.319 e. The molecule has 7 nitrogen and oxygen atoms in total. The van der Waals surface area contributed by atoms with Crippen LogP contribution in [0.2, 0.25) is 5.02 Å². The van der Waals surface area contributed by atoms with Crippen LogP contribution in [0.25, 0.3) is 32.9 Å². The molecule has 6 heterocycles. The molecule has 0 radical (unpaired) electrons. The second-order valence-electron chi connectivity index (χ2n) is 12.7. The molecule has 0 saturated carbocycles. The number of nitrogens with one attached hydrogen (secondary N) is 1. The van der Waals surface area contributed by atoms with E-state index in [2.05, 4.69) is 39.2 Å². The molecule has 0 unspecified atom stereocenters. The summed E-state index contributed by atoms with van der Waals surface area (Å²) in [7, 11) is 0. The molecule has 222 valence electrons. The van der Waals surface area contributed by atoms with E-state index in [1.54, 1.807) is 12.3 Å². The molecule has 0 aliphatic carbocycles. The number of pyridine rings is 1. The molecule has 2 atom stereocenters. The van der Waals surface area contributed by atoms with E-state index in [0.717, 1.165) is 57.2 Å². The highest BCUT2D eigenvalue weighted by atomic mass is 35.5. The third-order valence-electron chi connectivity index (χ3n) is 9.68. The van der Waals surface area contributed by atoms with Crippen LogP contribution in [0, 0.1) is 18.2 Å². The summed E-state index contributed by atoms with van der Waals surface area (Å²) in [5, 5.41) is 6.18. The molecule has 2 aromatic heterocycles. The summed E-state index contributed by atoms with van der Waals surface area (Å²) in [6.07, 6.45) is 11.4. The SMILES string of the molecule is C#Cc1c(Cl)ccc2cccc(-c3ncc4c(N5C[C@H]6CC[C@@H](C5)N6)nc(OCC56CC(=C)CN5CC(=C)C6)nc4c3F)c12. The number of hydrogen-bond donors (Lipinski definition) is 1. The van der Waals surface area contributed by atoms with Crippen molar-refractivity contribution in [3.05, 3.63) is 77.2 Å². The van der Waals surface area contributed by atoms with Gasteiger partial charge in [-0.15, -0.1) is 6.42 Å². The third kappa shape index (κ3) is 4.37. The molecule has 0 spiro atoms. The summed E-state index contributed by atoms with van der Waals surface area (Å²) in [5.74, 6) is 2.79. The number of aromatic nitrogens is 3. The number of nitrogens with zero attached hydrogens (tertiary/aromatic N) is 5. The van der Waals surface area contributed by atoms with Gasteiger partial charge in [-0.25, -0.2) is 4.39 Å². The molecule has 4 saturated heterocycles. The highest BCUT2D eigenvalue weighted by Crippen LogP contribution is 2.43. The van der Waals surface area contributed by atoms with Crippen LogP contribution in [0.15, 0.2) is 60.8 Å². The smallest absolute Gasteiger partial charge is 0.319 e. The Hall–Kier alpha value is -4.03. The van der Waals surface area contributed by atoms with Gasteiger partial charge < -0.3 is 15.0 Å². The molecule has 8 rings (SSSR count). The predicted molar refractivity (Wildman–Crippen MR) is 173 cm³/mol. The van der Waals surface area contributed by atoms with Gasteiger partial charge in [0.05, 0.1) is 21.5 Å². The van der Waals surface area contributed by atoms with E-state index in [0.29, 0.717) is 51.4 Å². The zero-order valence-electron chi connectivity index (χ0n) is 24.4. The van der Waals surface area contributed by atoms with Gasteiger partial charge in [0.25, 0.3) is 0 Å². The molecule has 4 aromatic rings. The minimum atomic E-state index is -0.548. The first-order valence-corrected chi connectivity index (χ1v) is 15.5. The zero-order chi connectivity index (χ0) is 30.2. The monoisotopic (exact) mass is 606 g/mol. The van der Waals surface area contributed by atoms with Crippen molar-refractivity contribution in [1.29, 1.82) is 0 Å². The molecule has 2 aromatic carbocycles. The highest BCUT2D eigenvalue weighted by Gasteiger charge is 2.48. The fourth-order valence-corrected chi connectivity index (χ4v) is 8.04. The Bertz CT molecular complexity index is 1900. The Morgan fingerprint density at radius 1 is 1.09 bits per heavy atom. The number of hydrogen-bond acceptors (Lipinski definition) is 7. The number of piperazine rings is 1. The second-order valence-corrected chi connectivity index (χ2v) is 13.2. The molecule has 9 heteroatoms. The van der Waals surface area contributed by atoms with Crippen molar-refractivity contribution in [2.45, 2.75) is 43.3 Å². The van der Waals surface area contributed by atoms with Crippen LogP contribution in [0.5, 0.6) is 6.01 Å². The summed E-state index contributed by atoms with van der Waals surface area (Å²) >= 11 is 6.48. The molecule has 4 aliphatic rings. The Morgan fingerprint density at radius 2 is 1.84 bits per heavy atom. The lowest BCUT2D eigenvalue weighted by Gasteiger charge is -2.34. The van der Waals surface area contributed by atoms with Gasteiger partial charge in [0.2, 0.25) is 0 Å². The molecular formula is C35H32ClFN6O. The predicted octanol–water partition coefficient (Wildman–Crippen LogP) is 5.90. The number of fused-ring (bicyclic) bond motifs is 5. The average molecular weight is 607 g/mol. The van der Waals surface area contributed by atoms with Crippen molar-refractivity contribution in [1.82, 2.24) is 25.2 Å². The van der Waals surface area contributed by atoms with Crippen LogP contribution >= 0.6 is 11.6 Å². The molecule has 44 heavy (non-hydrogen) atoms. The Labute approximate surface area is 260 Å². The maximum atomic E-state index is 16.8. The van der Waals surface area contributed by atoms with E-state index in [4.69, 9.17) is 32.7 Å². The lowest BCUT2D eigenvalue weighted by molar-refractivity contribution is 0.108. The maximum absolute atomic E-state index is 16.8. The quantitative estimate of drug-likeness (QED) is 0.224. The summed E-state index contributed by atoms with van der Waals surface area (Å²) in [6.45, 7) is 12.1. The molecule has 4 fully saturated rings. The first kappa shape index (κ1) is 27.5. The summed E-state index contributed by atoms with van der Waals surface area (Å²) in [6, 6.07) is 10.1. The molecule has 1 N–H and O–H groups in total. The van der Waals surface area contributed by atoms with Gasteiger partial charge in [0, 0.05) is 55.4 Å². The normalized spacial score (nSPS) is 22.6. The number of rotatable bonds is 5. The minimum Gasteiger partial charge on any atom is -0.461 e. The van der Waals surface area contributed by atoms with E-state index in [1.165, 1.54) is 11.1 Å². The first-order chi connectivity index (χ1) is 21.3. The van der Waals surface area contributed by atoms with Crippen molar-refractivity contribution < 1.29 is 9.13 Å².